The van der Waals surface area contributed by atoms with Crippen LogP contribution >= 0.6 is 12.4 Å². The molecule has 3 aromatic rings. The molecule has 1 aliphatic carbocycles. The molecule has 0 radical (unpaired) electrons. The number of nitrogens with one attached hydrogen (secondary N) is 1. The first kappa shape index (κ1) is 20.7. The summed E-state index contributed by atoms with van der Waals surface area (Å²) in [6, 6.07) is 9.57. The first-order valence-corrected chi connectivity index (χ1v) is 9.47. The van der Waals surface area contributed by atoms with Crippen LogP contribution in [0, 0.1) is 0 Å². The summed E-state index contributed by atoms with van der Waals surface area (Å²) in [7, 11) is 1.62. The zero-order valence-electron chi connectivity index (χ0n) is 16.2. The van der Waals surface area contributed by atoms with Gasteiger partial charge in [0.2, 0.25) is 5.88 Å². The topological polar surface area (TPSA) is 77.0 Å². The van der Waals surface area contributed by atoms with Crippen LogP contribution in [-0.4, -0.2) is 27.9 Å². The highest BCUT2D eigenvalue weighted by Crippen LogP contribution is 2.33. The Hall–Kier alpha value is -2.99. The predicted molar refractivity (Wildman–Crippen MR) is 113 cm³/mol. The minimum Gasteiger partial charge on any atom is -0.471 e. The van der Waals surface area contributed by atoms with Gasteiger partial charge in [-0.05, 0) is 55.0 Å². The lowest BCUT2D eigenvalue weighted by Crippen LogP contribution is -2.18. The third-order valence-electron chi connectivity index (χ3n) is 4.91. The summed E-state index contributed by atoms with van der Waals surface area (Å²) in [6.07, 6.45) is 9.29. The van der Waals surface area contributed by atoms with Gasteiger partial charge in [-0.1, -0.05) is 6.07 Å². The summed E-state index contributed by atoms with van der Waals surface area (Å²) in [5.74, 6) is 0.426. The normalized spacial score (nSPS) is 12.4. The van der Waals surface area contributed by atoms with Gasteiger partial charge in [0, 0.05) is 43.0 Å². The molecule has 0 unspecified atom stereocenters. The smallest absolute Gasteiger partial charge is 0.252 e. The van der Waals surface area contributed by atoms with E-state index < -0.39 is 0 Å². The van der Waals surface area contributed by atoms with Crippen LogP contribution in [0.2, 0.25) is 0 Å². The summed E-state index contributed by atoms with van der Waals surface area (Å²) < 4.78 is 5.95. The molecular weight excluding hydrogens is 388 g/mol. The van der Waals surface area contributed by atoms with Gasteiger partial charge in [-0.25, -0.2) is 4.98 Å². The SMILES string of the molecule is CNC(=O)c1cncc(-c2cc(OCc3ccccn3)nc3c2CCCC3)c1.Cl. The van der Waals surface area contributed by atoms with Crippen molar-refractivity contribution in [3.63, 3.8) is 0 Å². The first-order valence-electron chi connectivity index (χ1n) is 9.47. The fourth-order valence-electron chi connectivity index (χ4n) is 3.50. The van der Waals surface area contributed by atoms with Crippen LogP contribution in [0.25, 0.3) is 11.1 Å². The standard InChI is InChI=1S/C22H22N4O2.ClH/c1-23-22(27)16-10-15(12-24-13-16)19-11-21(26-20-8-3-2-7-18(19)20)28-14-17-6-4-5-9-25-17;/h4-6,9-13H,2-3,7-8,14H2,1H3,(H,23,27);1H. The lowest BCUT2D eigenvalue weighted by molar-refractivity contribution is 0.0963. The van der Waals surface area contributed by atoms with Gasteiger partial charge < -0.3 is 10.1 Å². The van der Waals surface area contributed by atoms with Crippen LogP contribution in [-0.2, 0) is 19.4 Å². The molecule has 1 amide bonds. The van der Waals surface area contributed by atoms with Gasteiger partial charge in [-0.3, -0.25) is 14.8 Å². The summed E-state index contributed by atoms with van der Waals surface area (Å²) in [4.78, 5) is 25.3. The first-order chi connectivity index (χ1) is 13.7. The monoisotopic (exact) mass is 410 g/mol. The van der Waals surface area contributed by atoms with Gasteiger partial charge in [-0.15, -0.1) is 12.4 Å². The van der Waals surface area contributed by atoms with E-state index in [4.69, 9.17) is 9.72 Å². The van der Waals surface area contributed by atoms with Crippen molar-refractivity contribution in [2.24, 2.45) is 0 Å². The Morgan fingerprint density at radius 3 is 2.83 bits per heavy atom. The maximum Gasteiger partial charge on any atom is 0.252 e. The van der Waals surface area contributed by atoms with E-state index in [0.717, 1.165) is 48.2 Å². The highest BCUT2D eigenvalue weighted by Gasteiger charge is 2.19. The molecule has 4 rings (SSSR count). The molecular formula is C22H23ClN4O2. The second-order valence-corrected chi connectivity index (χ2v) is 6.79. The van der Waals surface area contributed by atoms with E-state index in [1.165, 1.54) is 5.56 Å². The van der Waals surface area contributed by atoms with E-state index in [-0.39, 0.29) is 18.3 Å². The molecule has 0 aliphatic heterocycles. The zero-order valence-corrected chi connectivity index (χ0v) is 17.0. The number of pyridine rings is 3. The van der Waals surface area contributed by atoms with Crippen molar-refractivity contribution in [3.05, 3.63) is 71.4 Å². The van der Waals surface area contributed by atoms with E-state index in [1.54, 1.807) is 25.6 Å². The molecule has 3 heterocycles. The fourth-order valence-corrected chi connectivity index (χ4v) is 3.50. The summed E-state index contributed by atoms with van der Waals surface area (Å²) >= 11 is 0. The van der Waals surface area contributed by atoms with Crippen molar-refractivity contribution in [1.82, 2.24) is 20.3 Å². The van der Waals surface area contributed by atoms with Gasteiger partial charge >= 0.3 is 0 Å². The number of hydrogen-bond donors (Lipinski definition) is 1. The van der Waals surface area contributed by atoms with E-state index >= 15 is 0 Å². The Bertz CT molecular complexity index is 995. The Morgan fingerprint density at radius 2 is 2.03 bits per heavy atom. The number of fused-ring (bicyclic) bond motifs is 1. The van der Waals surface area contributed by atoms with Gasteiger partial charge in [0.05, 0.1) is 11.3 Å². The Kier molecular flexibility index (Phi) is 6.77. The second kappa shape index (κ2) is 9.47. The predicted octanol–water partition coefficient (Wildman–Crippen LogP) is 3.78. The van der Waals surface area contributed by atoms with Crippen molar-refractivity contribution in [2.45, 2.75) is 32.3 Å². The van der Waals surface area contributed by atoms with Crippen molar-refractivity contribution >= 4 is 18.3 Å². The van der Waals surface area contributed by atoms with Gasteiger partial charge in [-0.2, -0.15) is 0 Å². The van der Waals surface area contributed by atoms with Crippen LogP contribution in [0.3, 0.4) is 0 Å². The number of halogens is 1. The number of ether oxygens (including phenoxy) is 1. The molecule has 7 heteroatoms. The minimum atomic E-state index is -0.149. The third-order valence-corrected chi connectivity index (χ3v) is 4.91. The average molecular weight is 411 g/mol. The molecule has 6 nitrogen and oxygen atoms in total. The molecule has 0 bridgehead atoms. The number of carbonyl (C=O) groups is 1. The van der Waals surface area contributed by atoms with Crippen molar-refractivity contribution in [2.75, 3.05) is 7.05 Å². The Balaban J connectivity index is 0.00000240. The number of hydrogen-bond acceptors (Lipinski definition) is 5. The maximum atomic E-state index is 12.0. The van der Waals surface area contributed by atoms with E-state index in [2.05, 4.69) is 15.3 Å². The zero-order chi connectivity index (χ0) is 19.3. The molecule has 150 valence electrons. The van der Waals surface area contributed by atoms with Crippen LogP contribution in [0.1, 0.15) is 40.2 Å². The summed E-state index contributed by atoms with van der Waals surface area (Å²) in [5, 5.41) is 2.65. The van der Waals surface area contributed by atoms with E-state index in [9.17, 15) is 4.79 Å². The number of rotatable bonds is 5. The van der Waals surface area contributed by atoms with E-state index in [1.807, 2.05) is 30.3 Å². The highest BCUT2D eigenvalue weighted by molar-refractivity contribution is 5.95. The highest BCUT2D eigenvalue weighted by atomic mass is 35.5. The summed E-state index contributed by atoms with van der Waals surface area (Å²) in [6.45, 7) is 0.364. The number of aryl methyl sites for hydroxylation is 1. The lowest BCUT2D eigenvalue weighted by atomic mass is 9.89. The number of nitrogens with zero attached hydrogens (tertiary/aromatic N) is 3. The van der Waals surface area contributed by atoms with Crippen LogP contribution < -0.4 is 10.1 Å². The maximum absolute atomic E-state index is 12.0. The van der Waals surface area contributed by atoms with Gasteiger partial charge in [0.25, 0.3) is 5.91 Å². The molecule has 3 aromatic heterocycles. The number of amides is 1. The molecule has 1 aliphatic rings. The Labute approximate surface area is 176 Å². The molecule has 0 fully saturated rings. The second-order valence-electron chi connectivity index (χ2n) is 6.79. The van der Waals surface area contributed by atoms with Crippen molar-refractivity contribution in [1.29, 1.82) is 0 Å². The summed E-state index contributed by atoms with van der Waals surface area (Å²) in [5.41, 5.74) is 5.64. The lowest BCUT2D eigenvalue weighted by Gasteiger charge is -2.20. The van der Waals surface area contributed by atoms with Crippen molar-refractivity contribution < 1.29 is 9.53 Å². The fraction of sp³-hybridized carbons (Fsp3) is 0.273. The minimum absolute atomic E-state index is 0. The van der Waals surface area contributed by atoms with Gasteiger partial charge in [0.15, 0.2) is 0 Å². The van der Waals surface area contributed by atoms with Gasteiger partial charge in [0.1, 0.15) is 6.61 Å². The molecule has 0 atom stereocenters. The van der Waals surface area contributed by atoms with E-state index in [0.29, 0.717) is 18.1 Å². The average Bonchev–Trinajstić information content (AvgIpc) is 2.77. The van der Waals surface area contributed by atoms with Crippen LogP contribution in [0.4, 0.5) is 0 Å². The molecule has 29 heavy (non-hydrogen) atoms. The van der Waals surface area contributed by atoms with Crippen LogP contribution in [0.15, 0.2) is 48.9 Å². The van der Waals surface area contributed by atoms with Crippen molar-refractivity contribution in [3.8, 4) is 17.0 Å². The largest absolute Gasteiger partial charge is 0.471 e. The molecule has 0 saturated heterocycles. The number of carbonyl (C=O) groups excluding carboxylic acids is 1. The molecule has 0 spiro atoms. The van der Waals surface area contributed by atoms with Crippen LogP contribution in [0.5, 0.6) is 5.88 Å². The molecule has 1 N–H and O–H groups in total. The quantitative estimate of drug-likeness (QED) is 0.692. The number of aromatic nitrogens is 3. The third kappa shape index (κ3) is 4.71. The molecule has 0 saturated carbocycles. The Morgan fingerprint density at radius 1 is 1.17 bits per heavy atom. The molecule has 0 aromatic carbocycles.